The van der Waals surface area contributed by atoms with Crippen molar-refractivity contribution in [2.24, 2.45) is 17.6 Å². The van der Waals surface area contributed by atoms with E-state index in [1.165, 1.54) is 0 Å². The van der Waals surface area contributed by atoms with Gasteiger partial charge in [-0.1, -0.05) is 6.92 Å². The largest absolute Gasteiger partial charge is 0.374 e. The lowest BCUT2D eigenvalue weighted by molar-refractivity contribution is -0.128. The molecule has 92 valence electrons. The van der Waals surface area contributed by atoms with Gasteiger partial charge in [-0.15, -0.1) is 0 Å². The van der Waals surface area contributed by atoms with Crippen LogP contribution >= 0.6 is 0 Å². The monoisotopic (exact) mass is 226 g/mol. The summed E-state index contributed by atoms with van der Waals surface area (Å²) in [6.45, 7) is 6.64. The first-order valence-electron chi connectivity index (χ1n) is 6.17. The van der Waals surface area contributed by atoms with Crippen LogP contribution in [0.3, 0.4) is 0 Å². The minimum Gasteiger partial charge on any atom is -0.374 e. The van der Waals surface area contributed by atoms with Crippen molar-refractivity contribution >= 4 is 5.91 Å². The van der Waals surface area contributed by atoms with Gasteiger partial charge in [0.15, 0.2) is 0 Å². The molecule has 0 aromatic heterocycles. The normalized spacial score (nSPS) is 40.8. The Balaban J connectivity index is 1.99. The molecule has 0 radical (unpaired) electrons. The van der Waals surface area contributed by atoms with Crippen molar-refractivity contribution in [3.63, 3.8) is 0 Å². The molecule has 4 nitrogen and oxygen atoms in total. The van der Waals surface area contributed by atoms with Gasteiger partial charge in [0, 0.05) is 6.54 Å². The van der Waals surface area contributed by atoms with Crippen LogP contribution in [0.15, 0.2) is 0 Å². The first kappa shape index (κ1) is 11.9. The van der Waals surface area contributed by atoms with E-state index in [2.05, 4.69) is 12.2 Å². The maximum atomic E-state index is 12.2. The van der Waals surface area contributed by atoms with Crippen LogP contribution in [-0.2, 0) is 9.53 Å². The Labute approximate surface area is 96.9 Å². The number of carbonyl (C=O) groups excluding carboxylic acids is 1. The van der Waals surface area contributed by atoms with Crippen LogP contribution in [0, 0.1) is 11.8 Å². The summed E-state index contributed by atoms with van der Waals surface area (Å²) in [4.78, 5) is 12.2. The summed E-state index contributed by atoms with van der Waals surface area (Å²) in [6, 6.07) is 0. The number of hydrogen-bond acceptors (Lipinski definition) is 3. The molecule has 1 aliphatic carbocycles. The predicted octanol–water partition coefficient (Wildman–Crippen LogP) is 0.653. The highest BCUT2D eigenvalue weighted by molar-refractivity contribution is 5.81. The number of nitrogens with two attached hydrogens (primary N) is 1. The van der Waals surface area contributed by atoms with E-state index in [9.17, 15) is 4.79 Å². The summed E-state index contributed by atoms with van der Waals surface area (Å²) in [7, 11) is 0. The highest BCUT2D eigenvalue weighted by atomic mass is 16.5. The number of rotatable bonds is 3. The maximum absolute atomic E-state index is 12.2. The molecule has 16 heavy (non-hydrogen) atoms. The van der Waals surface area contributed by atoms with E-state index in [4.69, 9.17) is 10.5 Å². The molecule has 4 unspecified atom stereocenters. The molecule has 1 amide bonds. The summed E-state index contributed by atoms with van der Waals surface area (Å²) in [5.74, 6) is 0.370. The molecule has 1 heterocycles. The Morgan fingerprint density at radius 2 is 2.00 bits per heavy atom. The number of amides is 1. The quantitative estimate of drug-likeness (QED) is 0.743. The highest BCUT2D eigenvalue weighted by Crippen LogP contribution is 2.37. The molecule has 2 fully saturated rings. The Hall–Kier alpha value is -0.610. The molecule has 3 N–H and O–H groups in total. The summed E-state index contributed by atoms with van der Waals surface area (Å²) in [5.41, 5.74) is 5.57. The Morgan fingerprint density at radius 3 is 2.38 bits per heavy atom. The van der Waals surface area contributed by atoms with Gasteiger partial charge >= 0.3 is 0 Å². The van der Waals surface area contributed by atoms with Gasteiger partial charge in [-0.05, 0) is 32.6 Å². The molecular formula is C12H22N2O2. The fourth-order valence-corrected chi connectivity index (χ4v) is 2.59. The third-order valence-electron chi connectivity index (χ3n) is 4.18. The first-order valence-corrected chi connectivity index (χ1v) is 6.17. The van der Waals surface area contributed by atoms with Crippen LogP contribution in [0.25, 0.3) is 0 Å². The Kier molecular flexibility index (Phi) is 2.97. The topological polar surface area (TPSA) is 64.3 Å². The van der Waals surface area contributed by atoms with Gasteiger partial charge in [0.2, 0.25) is 5.91 Å². The maximum Gasteiger partial charge on any atom is 0.226 e. The first-order chi connectivity index (χ1) is 7.49. The van der Waals surface area contributed by atoms with E-state index < -0.39 is 0 Å². The van der Waals surface area contributed by atoms with E-state index in [1.807, 2.05) is 13.8 Å². The molecule has 2 rings (SSSR count). The lowest BCUT2D eigenvalue weighted by Crippen LogP contribution is -2.47. The molecule has 1 aliphatic heterocycles. The van der Waals surface area contributed by atoms with Gasteiger partial charge in [0.1, 0.15) is 0 Å². The van der Waals surface area contributed by atoms with E-state index in [0.29, 0.717) is 6.54 Å². The molecule has 0 bridgehead atoms. The minimum atomic E-state index is -0.0949. The second kappa shape index (κ2) is 4.00. The zero-order valence-corrected chi connectivity index (χ0v) is 10.3. The molecule has 0 aromatic carbocycles. The van der Waals surface area contributed by atoms with Gasteiger partial charge in [-0.3, -0.25) is 4.79 Å². The van der Waals surface area contributed by atoms with Crippen LogP contribution in [0.4, 0.5) is 0 Å². The van der Waals surface area contributed by atoms with E-state index in [-0.39, 0.29) is 35.5 Å². The molecule has 1 saturated carbocycles. The summed E-state index contributed by atoms with van der Waals surface area (Å²) < 4.78 is 5.68. The van der Waals surface area contributed by atoms with Crippen LogP contribution in [0.2, 0.25) is 0 Å². The Morgan fingerprint density at radius 1 is 1.38 bits per heavy atom. The van der Waals surface area contributed by atoms with E-state index >= 15 is 0 Å². The van der Waals surface area contributed by atoms with Crippen molar-refractivity contribution in [3.05, 3.63) is 0 Å². The number of carbonyl (C=O) groups is 1. The van der Waals surface area contributed by atoms with Crippen molar-refractivity contribution in [1.29, 1.82) is 0 Å². The smallest absolute Gasteiger partial charge is 0.226 e. The number of nitrogens with one attached hydrogen (secondary N) is 1. The molecule has 1 saturated heterocycles. The summed E-state index contributed by atoms with van der Waals surface area (Å²) >= 11 is 0. The van der Waals surface area contributed by atoms with E-state index in [0.717, 1.165) is 12.8 Å². The average Bonchev–Trinajstić information content (AvgIpc) is 2.92. The van der Waals surface area contributed by atoms with Gasteiger partial charge in [0.05, 0.1) is 23.7 Å². The van der Waals surface area contributed by atoms with Gasteiger partial charge in [-0.25, -0.2) is 0 Å². The highest BCUT2D eigenvalue weighted by Gasteiger charge is 2.47. The minimum absolute atomic E-state index is 0.0126. The fraction of sp³-hybridized carbons (Fsp3) is 0.917. The van der Waals surface area contributed by atoms with Gasteiger partial charge < -0.3 is 15.8 Å². The van der Waals surface area contributed by atoms with Crippen molar-refractivity contribution in [2.45, 2.75) is 51.4 Å². The SMILES string of the molecule is CC1OC(C)C(C(=O)NC2(CN)CC2)C1C. The lowest BCUT2D eigenvalue weighted by atomic mass is 9.88. The molecular weight excluding hydrogens is 204 g/mol. The standard InChI is InChI=1S/C12H22N2O2/c1-7-8(2)16-9(3)10(7)11(15)14-12(6-13)4-5-12/h7-10H,4-6,13H2,1-3H3,(H,14,15). The molecule has 4 atom stereocenters. The third-order valence-corrected chi connectivity index (χ3v) is 4.18. The van der Waals surface area contributed by atoms with Crippen molar-refractivity contribution in [3.8, 4) is 0 Å². The van der Waals surface area contributed by atoms with Crippen LogP contribution in [0.1, 0.15) is 33.6 Å². The molecule has 0 spiro atoms. The summed E-state index contributed by atoms with van der Waals surface area (Å²) in [5, 5.41) is 3.10. The zero-order chi connectivity index (χ0) is 11.9. The number of ether oxygens (including phenoxy) is 1. The van der Waals surface area contributed by atoms with Crippen molar-refractivity contribution < 1.29 is 9.53 Å². The second-order valence-electron chi connectivity index (χ2n) is 5.40. The van der Waals surface area contributed by atoms with Crippen molar-refractivity contribution in [1.82, 2.24) is 5.32 Å². The van der Waals surface area contributed by atoms with Gasteiger partial charge in [0.25, 0.3) is 0 Å². The lowest BCUT2D eigenvalue weighted by Gasteiger charge is -2.22. The van der Waals surface area contributed by atoms with Crippen molar-refractivity contribution in [2.75, 3.05) is 6.54 Å². The Bertz CT molecular complexity index is 289. The summed E-state index contributed by atoms with van der Waals surface area (Å²) in [6.07, 6.45) is 2.21. The zero-order valence-electron chi connectivity index (χ0n) is 10.3. The predicted molar refractivity (Wildman–Crippen MR) is 61.8 cm³/mol. The van der Waals surface area contributed by atoms with Gasteiger partial charge in [-0.2, -0.15) is 0 Å². The van der Waals surface area contributed by atoms with Crippen LogP contribution in [-0.4, -0.2) is 30.2 Å². The van der Waals surface area contributed by atoms with E-state index in [1.54, 1.807) is 0 Å². The third kappa shape index (κ3) is 1.96. The number of hydrogen-bond donors (Lipinski definition) is 2. The fourth-order valence-electron chi connectivity index (χ4n) is 2.59. The molecule has 0 aromatic rings. The molecule has 2 aliphatic rings. The second-order valence-corrected chi connectivity index (χ2v) is 5.40. The molecule has 4 heteroatoms. The average molecular weight is 226 g/mol. The van der Waals surface area contributed by atoms with Crippen LogP contribution in [0.5, 0.6) is 0 Å². The van der Waals surface area contributed by atoms with Crippen LogP contribution < -0.4 is 11.1 Å².